The fraction of sp³-hybridized carbons (Fsp3) is 0.750. The maximum absolute atomic E-state index is 6.01. The summed E-state index contributed by atoms with van der Waals surface area (Å²) in [5.74, 6) is 0. The van der Waals surface area contributed by atoms with Gasteiger partial charge in [-0.1, -0.05) is 5.21 Å². The summed E-state index contributed by atoms with van der Waals surface area (Å²) >= 11 is 0. The van der Waals surface area contributed by atoms with Crippen LogP contribution in [0.1, 0.15) is 18.2 Å². The molecule has 5 nitrogen and oxygen atoms in total. The van der Waals surface area contributed by atoms with E-state index in [0.29, 0.717) is 0 Å². The molecular formula is C8H15N5. The summed E-state index contributed by atoms with van der Waals surface area (Å²) in [5.41, 5.74) is 7.01. The molecular weight excluding hydrogens is 166 g/mol. The molecule has 1 unspecified atom stereocenters. The van der Waals surface area contributed by atoms with Gasteiger partial charge in [0.15, 0.2) is 0 Å². The normalized spacial score (nSPS) is 19.8. The first-order valence-electron chi connectivity index (χ1n) is 4.60. The minimum atomic E-state index is 0.0419. The molecule has 2 heterocycles. The Hall–Kier alpha value is -0.940. The van der Waals surface area contributed by atoms with Crippen LogP contribution >= 0.6 is 0 Å². The van der Waals surface area contributed by atoms with E-state index < -0.39 is 0 Å². The molecule has 1 saturated heterocycles. The number of nitrogens with zero attached hydrogens (tertiary/aromatic N) is 4. The monoisotopic (exact) mass is 181 g/mol. The first-order valence-corrected chi connectivity index (χ1v) is 4.60. The van der Waals surface area contributed by atoms with Gasteiger partial charge in [0.2, 0.25) is 0 Å². The molecule has 0 saturated carbocycles. The van der Waals surface area contributed by atoms with E-state index in [4.69, 9.17) is 5.73 Å². The van der Waals surface area contributed by atoms with Crippen LogP contribution in [0, 0.1) is 0 Å². The SMILES string of the molecule is Cn1nncc1C(N)CN1CCC1. The van der Waals surface area contributed by atoms with Crippen molar-refractivity contribution in [2.45, 2.75) is 12.5 Å². The molecule has 5 heteroatoms. The number of rotatable bonds is 3. The maximum atomic E-state index is 6.01. The van der Waals surface area contributed by atoms with Crippen molar-refractivity contribution >= 4 is 0 Å². The van der Waals surface area contributed by atoms with Crippen LogP contribution in [0.4, 0.5) is 0 Å². The second-order valence-electron chi connectivity index (χ2n) is 3.54. The van der Waals surface area contributed by atoms with Crippen LogP contribution in [0.15, 0.2) is 6.20 Å². The van der Waals surface area contributed by atoms with Gasteiger partial charge in [0.05, 0.1) is 17.9 Å². The highest BCUT2D eigenvalue weighted by Crippen LogP contribution is 2.13. The van der Waals surface area contributed by atoms with Crippen molar-refractivity contribution in [3.63, 3.8) is 0 Å². The lowest BCUT2D eigenvalue weighted by atomic mass is 10.1. The van der Waals surface area contributed by atoms with Gasteiger partial charge in [0.1, 0.15) is 0 Å². The average Bonchev–Trinajstić information content (AvgIpc) is 2.43. The first-order chi connectivity index (χ1) is 6.27. The van der Waals surface area contributed by atoms with E-state index in [1.54, 1.807) is 10.9 Å². The lowest BCUT2D eigenvalue weighted by molar-refractivity contribution is 0.169. The molecule has 1 aliphatic heterocycles. The minimum Gasteiger partial charge on any atom is -0.322 e. The van der Waals surface area contributed by atoms with E-state index in [1.165, 1.54) is 19.5 Å². The topological polar surface area (TPSA) is 60.0 Å². The molecule has 72 valence electrons. The Labute approximate surface area is 77.5 Å². The van der Waals surface area contributed by atoms with Crippen LogP contribution in [0.25, 0.3) is 0 Å². The van der Waals surface area contributed by atoms with Gasteiger partial charge in [-0.25, -0.2) is 0 Å². The lowest BCUT2D eigenvalue weighted by Gasteiger charge is -2.32. The molecule has 0 spiro atoms. The van der Waals surface area contributed by atoms with Gasteiger partial charge in [-0.15, -0.1) is 5.10 Å². The lowest BCUT2D eigenvalue weighted by Crippen LogP contribution is -2.42. The van der Waals surface area contributed by atoms with Crippen LogP contribution in [-0.2, 0) is 7.05 Å². The quantitative estimate of drug-likeness (QED) is 0.684. The summed E-state index contributed by atoms with van der Waals surface area (Å²) < 4.78 is 1.74. The third kappa shape index (κ3) is 1.71. The van der Waals surface area contributed by atoms with Gasteiger partial charge >= 0.3 is 0 Å². The average molecular weight is 181 g/mol. The van der Waals surface area contributed by atoms with E-state index in [1.807, 2.05) is 7.05 Å². The van der Waals surface area contributed by atoms with Gasteiger partial charge in [0, 0.05) is 13.6 Å². The Balaban J connectivity index is 1.96. The van der Waals surface area contributed by atoms with Crippen molar-refractivity contribution in [1.29, 1.82) is 0 Å². The highest BCUT2D eigenvalue weighted by Gasteiger charge is 2.19. The smallest absolute Gasteiger partial charge is 0.0764 e. The van der Waals surface area contributed by atoms with Gasteiger partial charge in [-0.05, 0) is 19.5 Å². The number of hydrogen-bond donors (Lipinski definition) is 1. The molecule has 2 N–H and O–H groups in total. The summed E-state index contributed by atoms with van der Waals surface area (Å²) in [4.78, 5) is 2.34. The molecule has 1 aromatic rings. The Morgan fingerprint density at radius 1 is 1.62 bits per heavy atom. The molecule has 0 aromatic carbocycles. The molecule has 1 fully saturated rings. The van der Waals surface area contributed by atoms with Crippen LogP contribution in [0.3, 0.4) is 0 Å². The molecule has 0 amide bonds. The summed E-state index contributed by atoms with van der Waals surface area (Å²) in [7, 11) is 1.87. The Morgan fingerprint density at radius 3 is 2.85 bits per heavy atom. The van der Waals surface area contributed by atoms with Crippen LogP contribution in [0.2, 0.25) is 0 Å². The second-order valence-corrected chi connectivity index (χ2v) is 3.54. The van der Waals surface area contributed by atoms with Crippen molar-refractivity contribution in [1.82, 2.24) is 19.9 Å². The summed E-state index contributed by atoms with van der Waals surface area (Å²) in [6, 6.07) is 0.0419. The minimum absolute atomic E-state index is 0.0419. The molecule has 13 heavy (non-hydrogen) atoms. The fourth-order valence-corrected chi connectivity index (χ4v) is 1.57. The second kappa shape index (κ2) is 3.43. The van der Waals surface area contributed by atoms with Crippen LogP contribution in [0.5, 0.6) is 0 Å². The van der Waals surface area contributed by atoms with Crippen molar-refractivity contribution in [3.05, 3.63) is 11.9 Å². The largest absolute Gasteiger partial charge is 0.322 e. The summed E-state index contributed by atoms with van der Waals surface area (Å²) in [5, 5.41) is 7.67. The Morgan fingerprint density at radius 2 is 2.38 bits per heavy atom. The summed E-state index contributed by atoms with van der Waals surface area (Å²) in [6.07, 6.45) is 3.04. The van der Waals surface area contributed by atoms with E-state index in [9.17, 15) is 0 Å². The van der Waals surface area contributed by atoms with E-state index in [2.05, 4.69) is 15.2 Å². The standard InChI is InChI=1S/C8H15N5/c1-12-8(5-10-11-12)7(9)6-13-3-2-4-13/h5,7H,2-4,6,9H2,1H3. The number of aromatic nitrogens is 3. The highest BCUT2D eigenvalue weighted by atomic mass is 15.4. The van der Waals surface area contributed by atoms with Crippen LogP contribution in [-0.4, -0.2) is 39.5 Å². The number of likely N-dealkylation sites (tertiary alicyclic amines) is 1. The zero-order valence-corrected chi connectivity index (χ0v) is 7.85. The van der Waals surface area contributed by atoms with Gasteiger partial charge in [0.25, 0.3) is 0 Å². The van der Waals surface area contributed by atoms with Crippen molar-refractivity contribution in [2.24, 2.45) is 12.8 Å². The molecule has 2 rings (SSSR count). The predicted octanol–water partition coefficient (Wildman–Crippen LogP) is -0.479. The molecule has 1 atom stereocenters. The molecule has 0 radical (unpaired) electrons. The zero-order chi connectivity index (χ0) is 9.26. The molecule has 0 aliphatic carbocycles. The third-order valence-electron chi connectivity index (χ3n) is 2.53. The Bertz CT molecular complexity index is 278. The van der Waals surface area contributed by atoms with E-state index >= 15 is 0 Å². The Kier molecular flexibility index (Phi) is 2.28. The third-order valence-corrected chi connectivity index (χ3v) is 2.53. The molecule has 1 aliphatic rings. The molecule has 1 aromatic heterocycles. The van der Waals surface area contributed by atoms with Crippen molar-refractivity contribution < 1.29 is 0 Å². The summed E-state index contributed by atoms with van der Waals surface area (Å²) in [6.45, 7) is 3.28. The first kappa shape index (κ1) is 8.65. The zero-order valence-electron chi connectivity index (χ0n) is 7.85. The van der Waals surface area contributed by atoms with Gasteiger partial charge < -0.3 is 10.6 Å². The van der Waals surface area contributed by atoms with Crippen LogP contribution < -0.4 is 5.73 Å². The number of nitrogens with two attached hydrogens (primary N) is 1. The van der Waals surface area contributed by atoms with Gasteiger partial charge in [-0.3, -0.25) is 4.68 Å². The van der Waals surface area contributed by atoms with Crippen molar-refractivity contribution in [3.8, 4) is 0 Å². The maximum Gasteiger partial charge on any atom is 0.0764 e. The molecule has 0 bridgehead atoms. The van der Waals surface area contributed by atoms with E-state index in [-0.39, 0.29) is 6.04 Å². The number of hydrogen-bond acceptors (Lipinski definition) is 4. The van der Waals surface area contributed by atoms with Crippen molar-refractivity contribution in [2.75, 3.05) is 19.6 Å². The predicted molar refractivity (Wildman–Crippen MR) is 49.0 cm³/mol. The highest BCUT2D eigenvalue weighted by molar-refractivity contribution is 5.01. The van der Waals surface area contributed by atoms with E-state index in [0.717, 1.165) is 12.2 Å². The van der Waals surface area contributed by atoms with Gasteiger partial charge in [-0.2, -0.15) is 0 Å². The number of aryl methyl sites for hydroxylation is 1. The fourth-order valence-electron chi connectivity index (χ4n) is 1.57.